The first-order valence-electron chi connectivity index (χ1n) is 7.33. The molecule has 19 heavy (non-hydrogen) atoms. The van der Waals surface area contributed by atoms with Crippen LogP contribution in [0.1, 0.15) is 59.8 Å². The molecule has 0 aromatic rings. The average Bonchev–Trinajstić information content (AvgIpc) is 2.29. The second-order valence-electron chi connectivity index (χ2n) is 5.62. The minimum Gasteiger partial charge on any atom is -0.460 e. The van der Waals surface area contributed by atoms with Crippen molar-refractivity contribution in [3.05, 3.63) is 0 Å². The lowest BCUT2D eigenvalue weighted by atomic mass is 10.2. The highest BCUT2D eigenvalue weighted by Gasteiger charge is 2.15. The van der Waals surface area contributed by atoms with Crippen LogP contribution in [0.15, 0.2) is 0 Å². The van der Waals surface area contributed by atoms with E-state index in [1.807, 2.05) is 20.8 Å². The molecule has 0 saturated carbocycles. The highest BCUT2D eigenvalue weighted by atomic mass is 16.6. The molecule has 114 valence electrons. The zero-order valence-corrected chi connectivity index (χ0v) is 13.0. The Bertz CT molecular complexity index is 221. The summed E-state index contributed by atoms with van der Waals surface area (Å²) >= 11 is 0. The highest BCUT2D eigenvalue weighted by molar-refractivity contribution is 5.69. The van der Waals surface area contributed by atoms with Crippen molar-refractivity contribution < 1.29 is 19.0 Å². The van der Waals surface area contributed by atoms with Crippen LogP contribution in [0.3, 0.4) is 0 Å². The van der Waals surface area contributed by atoms with Crippen LogP contribution in [0.5, 0.6) is 0 Å². The molecule has 0 amide bonds. The third kappa shape index (κ3) is 15.3. The quantitative estimate of drug-likeness (QED) is 0.428. The van der Waals surface area contributed by atoms with Crippen molar-refractivity contribution in [3.8, 4) is 0 Å². The van der Waals surface area contributed by atoms with Crippen molar-refractivity contribution in [3.63, 3.8) is 0 Å². The molecule has 0 aromatic carbocycles. The fourth-order valence-electron chi connectivity index (χ4n) is 1.50. The molecule has 0 heterocycles. The van der Waals surface area contributed by atoms with Gasteiger partial charge in [0.25, 0.3) is 0 Å². The molecule has 0 aliphatic heterocycles. The van der Waals surface area contributed by atoms with E-state index < -0.39 is 5.60 Å². The third-order valence-electron chi connectivity index (χ3n) is 2.38. The van der Waals surface area contributed by atoms with Gasteiger partial charge in [-0.1, -0.05) is 26.2 Å². The Balaban J connectivity index is 3.21. The SMILES string of the molecule is CCCCCCOCCOCCC(=O)OC(C)(C)C. The maximum absolute atomic E-state index is 11.4. The zero-order chi connectivity index (χ0) is 14.6. The van der Waals surface area contributed by atoms with E-state index in [2.05, 4.69) is 6.92 Å². The Labute approximate surface area is 117 Å². The summed E-state index contributed by atoms with van der Waals surface area (Å²) in [5.41, 5.74) is -0.418. The van der Waals surface area contributed by atoms with Gasteiger partial charge >= 0.3 is 5.97 Å². The van der Waals surface area contributed by atoms with E-state index in [1.54, 1.807) is 0 Å². The summed E-state index contributed by atoms with van der Waals surface area (Å²) < 4.78 is 15.9. The van der Waals surface area contributed by atoms with E-state index in [-0.39, 0.29) is 5.97 Å². The zero-order valence-electron chi connectivity index (χ0n) is 13.0. The Hall–Kier alpha value is -0.610. The molecule has 4 heteroatoms. The Morgan fingerprint density at radius 1 is 0.895 bits per heavy atom. The number of hydrogen-bond donors (Lipinski definition) is 0. The fraction of sp³-hybridized carbons (Fsp3) is 0.933. The summed E-state index contributed by atoms with van der Waals surface area (Å²) in [6.07, 6.45) is 5.17. The van der Waals surface area contributed by atoms with Gasteiger partial charge < -0.3 is 14.2 Å². The Morgan fingerprint density at radius 3 is 2.11 bits per heavy atom. The molecule has 0 atom stereocenters. The van der Waals surface area contributed by atoms with Gasteiger partial charge in [-0.15, -0.1) is 0 Å². The monoisotopic (exact) mass is 274 g/mol. The van der Waals surface area contributed by atoms with E-state index in [0.717, 1.165) is 13.0 Å². The maximum atomic E-state index is 11.4. The van der Waals surface area contributed by atoms with Crippen LogP contribution in [0.4, 0.5) is 0 Å². The Kier molecular flexibility index (Phi) is 10.9. The fourth-order valence-corrected chi connectivity index (χ4v) is 1.50. The van der Waals surface area contributed by atoms with E-state index in [4.69, 9.17) is 14.2 Å². The van der Waals surface area contributed by atoms with Gasteiger partial charge in [0.05, 0.1) is 26.2 Å². The van der Waals surface area contributed by atoms with E-state index >= 15 is 0 Å². The van der Waals surface area contributed by atoms with Crippen molar-refractivity contribution in [1.29, 1.82) is 0 Å². The molecular formula is C15H30O4. The van der Waals surface area contributed by atoms with E-state index in [9.17, 15) is 4.79 Å². The summed E-state index contributed by atoms with van der Waals surface area (Å²) in [4.78, 5) is 11.4. The number of hydrogen-bond acceptors (Lipinski definition) is 4. The molecule has 0 aliphatic carbocycles. The van der Waals surface area contributed by atoms with Crippen LogP contribution in [0.25, 0.3) is 0 Å². The van der Waals surface area contributed by atoms with Crippen molar-refractivity contribution in [1.82, 2.24) is 0 Å². The molecular weight excluding hydrogens is 244 g/mol. The van der Waals surface area contributed by atoms with Crippen LogP contribution in [-0.2, 0) is 19.0 Å². The van der Waals surface area contributed by atoms with Crippen molar-refractivity contribution in [2.45, 2.75) is 65.4 Å². The van der Waals surface area contributed by atoms with Gasteiger partial charge in [-0.2, -0.15) is 0 Å². The van der Waals surface area contributed by atoms with Crippen molar-refractivity contribution in [2.75, 3.05) is 26.4 Å². The molecule has 0 fully saturated rings. The van der Waals surface area contributed by atoms with Gasteiger partial charge in [0.1, 0.15) is 5.60 Å². The molecule has 0 radical (unpaired) electrons. The molecule has 0 aromatic heterocycles. The van der Waals surface area contributed by atoms with Gasteiger partial charge in [0.15, 0.2) is 0 Å². The average molecular weight is 274 g/mol. The lowest BCUT2D eigenvalue weighted by Crippen LogP contribution is -2.24. The van der Waals surface area contributed by atoms with E-state index in [1.165, 1.54) is 19.3 Å². The smallest absolute Gasteiger partial charge is 0.308 e. The molecule has 0 unspecified atom stereocenters. The topological polar surface area (TPSA) is 44.8 Å². The first kappa shape index (κ1) is 18.4. The normalized spacial score (nSPS) is 11.6. The number of rotatable bonds is 11. The predicted molar refractivity (Wildman–Crippen MR) is 76.2 cm³/mol. The van der Waals surface area contributed by atoms with Crippen molar-refractivity contribution >= 4 is 5.97 Å². The summed E-state index contributed by atoms with van der Waals surface area (Å²) in [6, 6.07) is 0. The lowest BCUT2D eigenvalue weighted by Gasteiger charge is -2.19. The maximum Gasteiger partial charge on any atom is 0.308 e. The van der Waals surface area contributed by atoms with Crippen LogP contribution >= 0.6 is 0 Å². The van der Waals surface area contributed by atoms with Crippen LogP contribution in [0.2, 0.25) is 0 Å². The van der Waals surface area contributed by atoms with Crippen molar-refractivity contribution in [2.24, 2.45) is 0 Å². The summed E-state index contributed by atoms with van der Waals surface area (Å²) in [5.74, 6) is -0.215. The molecule has 0 aliphatic rings. The summed E-state index contributed by atoms with van der Waals surface area (Å²) in [7, 11) is 0. The second-order valence-corrected chi connectivity index (χ2v) is 5.62. The minimum absolute atomic E-state index is 0.215. The molecule has 0 N–H and O–H groups in total. The van der Waals surface area contributed by atoms with Crippen LogP contribution < -0.4 is 0 Å². The summed E-state index contributed by atoms with van der Waals surface area (Å²) in [5, 5.41) is 0. The van der Waals surface area contributed by atoms with Gasteiger partial charge in [-0.05, 0) is 27.2 Å². The number of carbonyl (C=O) groups is 1. The summed E-state index contributed by atoms with van der Waals surface area (Å²) in [6.45, 7) is 10.1. The largest absolute Gasteiger partial charge is 0.460 e. The van der Waals surface area contributed by atoms with E-state index in [0.29, 0.717) is 26.2 Å². The molecule has 4 nitrogen and oxygen atoms in total. The van der Waals surface area contributed by atoms with Crippen LogP contribution in [-0.4, -0.2) is 38.0 Å². The molecule has 0 rings (SSSR count). The van der Waals surface area contributed by atoms with Gasteiger partial charge in [-0.3, -0.25) is 4.79 Å². The number of unbranched alkanes of at least 4 members (excludes halogenated alkanes) is 3. The number of esters is 1. The van der Waals surface area contributed by atoms with Gasteiger partial charge in [0, 0.05) is 6.61 Å². The predicted octanol–water partition coefficient (Wildman–Crippen LogP) is 3.33. The first-order chi connectivity index (χ1) is 8.95. The molecule has 0 spiro atoms. The third-order valence-corrected chi connectivity index (χ3v) is 2.38. The number of ether oxygens (including phenoxy) is 3. The second kappa shape index (κ2) is 11.2. The lowest BCUT2D eigenvalue weighted by molar-refractivity contribution is -0.156. The molecule has 0 bridgehead atoms. The highest BCUT2D eigenvalue weighted by Crippen LogP contribution is 2.08. The first-order valence-corrected chi connectivity index (χ1v) is 7.33. The van der Waals surface area contributed by atoms with Crippen LogP contribution in [0, 0.1) is 0 Å². The minimum atomic E-state index is -0.418. The standard InChI is InChI=1S/C15H30O4/c1-5-6-7-8-10-17-12-13-18-11-9-14(16)19-15(2,3)4/h5-13H2,1-4H3. The molecule has 0 saturated heterocycles. The van der Waals surface area contributed by atoms with Gasteiger partial charge in [-0.25, -0.2) is 0 Å². The Morgan fingerprint density at radius 2 is 1.53 bits per heavy atom. The van der Waals surface area contributed by atoms with Gasteiger partial charge in [0.2, 0.25) is 0 Å². The number of carbonyl (C=O) groups excluding carboxylic acids is 1.